The molecule has 9 heavy (non-hydrogen) atoms. The van der Waals surface area contributed by atoms with Crippen LogP contribution in [0.2, 0.25) is 14.8 Å². The molecule has 0 amide bonds. The minimum absolute atomic E-state index is 0.0777. The van der Waals surface area contributed by atoms with Crippen molar-refractivity contribution >= 4 is 18.8 Å². The van der Waals surface area contributed by atoms with Gasteiger partial charge in [-0.15, -0.1) is 0 Å². The first kappa shape index (κ1) is 9.76. The van der Waals surface area contributed by atoms with Gasteiger partial charge in [0, 0.05) is 0 Å². The summed E-state index contributed by atoms with van der Waals surface area (Å²) < 4.78 is 5.83. The predicted molar refractivity (Wildman–Crippen MR) is 44.2 cm³/mol. The van der Waals surface area contributed by atoms with Gasteiger partial charge < -0.3 is 0 Å². The zero-order valence-corrected chi connectivity index (χ0v) is 10.3. The van der Waals surface area contributed by atoms with E-state index in [0.717, 1.165) is 0 Å². The summed E-state index contributed by atoms with van der Waals surface area (Å²) in [6.07, 6.45) is 0. The summed E-state index contributed by atoms with van der Waals surface area (Å²) in [5.74, 6) is 0. The summed E-state index contributed by atoms with van der Waals surface area (Å²) in [6.45, 7) is 6.36. The average Bonchev–Trinajstić information content (AvgIpc) is 1.14. The van der Waals surface area contributed by atoms with Crippen LogP contribution in [0.4, 0.5) is 0 Å². The fraction of sp³-hybridized carbons (Fsp3) is 1.00. The van der Waals surface area contributed by atoms with Crippen molar-refractivity contribution in [1.29, 1.82) is 0 Å². The number of hydrogen-bond acceptors (Lipinski definition) is 1. The van der Waals surface area contributed by atoms with Crippen LogP contribution in [0.5, 0.6) is 0 Å². The molecule has 0 rings (SSSR count). The van der Waals surface area contributed by atoms with Crippen molar-refractivity contribution in [1.82, 2.24) is 0 Å². The Morgan fingerprint density at radius 1 is 1.00 bits per heavy atom. The Kier molecular flexibility index (Phi) is 3.02. The van der Waals surface area contributed by atoms with Crippen LogP contribution in [-0.4, -0.2) is 24.4 Å². The molecule has 0 N–H and O–H groups in total. The van der Waals surface area contributed by atoms with E-state index in [1.54, 1.807) is 0 Å². The molecule has 0 heterocycles. The molecule has 0 unspecified atom stereocenters. The van der Waals surface area contributed by atoms with Crippen molar-refractivity contribution in [2.75, 3.05) is 0 Å². The van der Waals surface area contributed by atoms with Gasteiger partial charge in [0.05, 0.1) is 0 Å². The van der Waals surface area contributed by atoms with E-state index in [2.05, 4.69) is 35.6 Å². The Morgan fingerprint density at radius 3 is 1.33 bits per heavy atom. The Balaban J connectivity index is 3.75. The van der Waals surface area contributed by atoms with Gasteiger partial charge in [0.2, 0.25) is 0 Å². The Bertz CT molecular complexity index is 74.1. The maximum absolute atomic E-state index is 5.83. The molecular formula is C7H18OSn. The monoisotopic (exact) mass is 238 g/mol. The molecule has 1 nitrogen and oxygen atoms in total. The van der Waals surface area contributed by atoms with Crippen molar-refractivity contribution in [2.45, 2.75) is 41.2 Å². The quantitative estimate of drug-likeness (QED) is 0.637. The topological polar surface area (TPSA) is 9.23 Å². The van der Waals surface area contributed by atoms with Crippen LogP contribution in [0, 0.1) is 0 Å². The summed E-state index contributed by atoms with van der Waals surface area (Å²) in [5, 5.41) is 0. The molecule has 0 atom stereocenters. The third-order valence-corrected chi connectivity index (χ3v) is 4.11. The molecule has 56 valence electrons. The minimum atomic E-state index is -1.95. The van der Waals surface area contributed by atoms with Crippen molar-refractivity contribution in [3.8, 4) is 0 Å². The summed E-state index contributed by atoms with van der Waals surface area (Å²) in [7, 11) is 0. The van der Waals surface area contributed by atoms with Crippen molar-refractivity contribution in [3.63, 3.8) is 0 Å². The second-order valence-electron chi connectivity index (χ2n) is 4.33. The molecule has 0 aliphatic rings. The summed E-state index contributed by atoms with van der Waals surface area (Å²) in [5.41, 5.74) is 0.0777. The molecule has 0 aliphatic heterocycles. The molecule has 0 fully saturated rings. The van der Waals surface area contributed by atoms with E-state index in [9.17, 15) is 0 Å². The van der Waals surface area contributed by atoms with E-state index in [4.69, 9.17) is 3.07 Å². The van der Waals surface area contributed by atoms with Gasteiger partial charge in [-0.05, 0) is 0 Å². The van der Waals surface area contributed by atoms with Crippen LogP contribution >= 0.6 is 0 Å². The van der Waals surface area contributed by atoms with E-state index in [0.29, 0.717) is 0 Å². The van der Waals surface area contributed by atoms with Gasteiger partial charge in [0.15, 0.2) is 0 Å². The average molecular weight is 237 g/mol. The van der Waals surface area contributed by atoms with E-state index >= 15 is 0 Å². The third kappa shape index (κ3) is 8.76. The second-order valence-corrected chi connectivity index (χ2v) is 17.0. The second kappa shape index (κ2) is 2.79. The molecule has 0 aromatic rings. The van der Waals surface area contributed by atoms with Crippen LogP contribution in [0.3, 0.4) is 0 Å². The molecule has 0 aromatic heterocycles. The fourth-order valence-electron chi connectivity index (χ4n) is 0.919. The van der Waals surface area contributed by atoms with Crippen LogP contribution in [0.25, 0.3) is 0 Å². The molecule has 0 spiro atoms. The Labute approximate surface area is 63.2 Å². The van der Waals surface area contributed by atoms with Crippen LogP contribution in [-0.2, 0) is 3.07 Å². The van der Waals surface area contributed by atoms with Crippen molar-refractivity contribution in [3.05, 3.63) is 0 Å². The molecule has 0 aliphatic carbocycles. The summed E-state index contributed by atoms with van der Waals surface area (Å²) >= 11 is -1.95. The zero-order chi connectivity index (χ0) is 7.71. The molecule has 0 saturated carbocycles. The SMILES string of the molecule is CC(C)(C)[O][Sn]([CH3])([CH3])[CH3]. The standard InChI is InChI=1S/C4H9O.3CH3.Sn/c1-4(2,3)5;;;;/h1-3H3;3*1H3;/q-1;;;;+1. The van der Waals surface area contributed by atoms with Crippen molar-refractivity contribution in [2.24, 2.45) is 0 Å². The van der Waals surface area contributed by atoms with Gasteiger partial charge in [-0.25, -0.2) is 0 Å². The van der Waals surface area contributed by atoms with Gasteiger partial charge in [0.25, 0.3) is 0 Å². The third-order valence-electron chi connectivity index (χ3n) is 0.612. The summed E-state index contributed by atoms with van der Waals surface area (Å²) in [4.78, 5) is 6.83. The van der Waals surface area contributed by atoms with E-state index in [1.807, 2.05) is 0 Å². The first-order valence-electron chi connectivity index (χ1n) is 3.41. The normalized spacial score (nSPS) is 14.0. The summed E-state index contributed by atoms with van der Waals surface area (Å²) in [6, 6.07) is 0. The Morgan fingerprint density at radius 2 is 1.33 bits per heavy atom. The molecule has 0 bridgehead atoms. The van der Waals surface area contributed by atoms with Gasteiger partial charge >= 0.3 is 63.1 Å². The predicted octanol–water partition coefficient (Wildman–Crippen LogP) is 2.64. The first-order valence-corrected chi connectivity index (χ1v) is 13.1. The Hall–Kier alpha value is 0.759. The molecule has 0 radical (unpaired) electrons. The molecule has 0 saturated heterocycles. The molecule has 0 aromatic carbocycles. The van der Waals surface area contributed by atoms with Gasteiger partial charge in [-0.2, -0.15) is 0 Å². The molecule has 2 heteroatoms. The van der Waals surface area contributed by atoms with Gasteiger partial charge in [-0.1, -0.05) is 0 Å². The number of rotatable bonds is 1. The van der Waals surface area contributed by atoms with Crippen LogP contribution in [0.15, 0.2) is 0 Å². The number of hydrogen-bond donors (Lipinski definition) is 0. The van der Waals surface area contributed by atoms with Gasteiger partial charge in [0.1, 0.15) is 0 Å². The van der Waals surface area contributed by atoms with E-state index in [1.165, 1.54) is 0 Å². The van der Waals surface area contributed by atoms with Crippen LogP contribution in [0.1, 0.15) is 20.8 Å². The van der Waals surface area contributed by atoms with Crippen LogP contribution < -0.4 is 0 Å². The van der Waals surface area contributed by atoms with Gasteiger partial charge in [-0.3, -0.25) is 0 Å². The van der Waals surface area contributed by atoms with E-state index < -0.39 is 18.8 Å². The van der Waals surface area contributed by atoms with Crippen molar-refractivity contribution < 1.29 is 3.07 Å². The molecular weight excluding hydrogens is 219 g/mol. The first-order chi connectivity index (χ1) is 3.71. The zero-order valence-electron chi connectivity index (χ0n) is 7.41. The fourth-order valence-corrected chi connectivity index (χ4v) is 6.16. The van der Waals surface area contributed by atoms with E-state index in [-0.39, 0.29) is 5.60 Å². The maximum atomic E-state index is 5.83.